The molecule has 1 unspecified atom stereocenters. The number of nitrogens with one attached hydrogen (secondary N) is 2. The van der Waals surface area contributed by atoms with E-state index in [0.29, 0.717) is 12.1 Å². The van der Waals surface area contributed by atoms with Crippen molar-refractivity contribution in [1.29, 1.82) is 5.26 Å². The fourth-order valence-corrected chi connectivity index (χ4v) is 6.05. The maximum absolute atomic E-state index is 13.3. The SMILES string of the molecule is CCCCCCCCCCCCCCCCNC(=O)OC(C)n1nc(Oc2c(Cl)cc(-n3nc(C#N)c(=O)[nH]c3=O)cc2Cl)cc(C(C)C)c1=O. The number of unbranched alkanes of at least 4 members (excludes halogenated alkanes) is 13. The summed E-state index contributed by atoms with van der Waals surface area (Å²) in [4.78, 5) is 51.9. The minimum atomic E-state index is -1.07. The lowest BCUT2D eigenvalue weighted by molar-refractivity contribution is 0.0553. The molecule has 0 fully saturated rings. The summed E-state index contributed by atoms with van der Waals surface area (Å²) < 4.78 is 13.2. The number of carbonyl (C=O) groups excluding carboxylic acids is 1. The molecule has 3 rings (SSSR count). The van der Waals surface area contributed by atoms with E-state index in [2.05, 4.69) is 22.4 Å². The maximum atomic E-state index is 13.3. The fraction of sp³-hybridized carbons (Fsp3) is 0.583. The molecule has 1 atom stereocenters. The predicted molar refractivity (Wildman–Crippen MR) is 197 cm³/mol. The van der Waals surface area contributed by atoms with Crippen molar-refractivity contribution in [3.63, 3.8) is 0 Å². The summed E-state index contributed by atoms with van der Waals surface area (Å²) in [6.07, 6.45) is 15.7. The summed E-state index contributed by atoms with van der Waals surface area (Å²) in [6.45, 7) is 7.86. The lowest BCUT2D eigenvalue weighted by Crippen LogP contribution is -2.34. The Morgan fingerprint density at radius 1 is 0.882 bits per heavy atom. The summed E-state index contributed by atoms with van der Waals surface area (Å²) in [7, 11) is 0. The Morgan fingerprint density at radius 3 is 1.96 bits per heavy atom. The number of benzene rings is 1. The Bertz CT molecular complexity index is 1790. The van der Waals surface area contributed by atoms with Crippen LogP contribution in [0.3, 0.4) is 0 Å². The second-order valence-corrected chi connectivity index (χ2v) is 13.7. The van der Waals surface area contributed by atoms with Gasteiger partial charge in [-0.05, 0) is 31.4 Å². The summed E-state index contributed by atoms with van der Waals surface area (Å²) in [5.74, 6) is -0.345. The fourth-order valence-electron chi connectivity index (χ4n) is 5.49. The van der Waals surface area contributed by atoms with Crippen LogP contribution in [0.1, 0.15) is 141 Å². The molecule has 0 saturated carbocycles. The van der Waals surface area contributed by atoms with Crippen molar-refractivity contribution in [3.8, 4) is 23.4 Å². The number of alkyl carbamates (subject to hydrolysis) is 1. The van der Waals surface area contributed by atoms with Gasteiger partial charge in [0.15, 0.2) is 12.0 Å². The van der Waals surface area contributed by atoms with Crippen LogP contribution in [-0.4, -0.2) is 37.2 Å². The number of nitriles is 1. The number of H-pyrrole nitrogens is 1. The number of nitrogens with zero attached hydrogens (tertiary/aromatic N) is 5. The summed E-state index contributed by atoms with van der Waals surface area (Å²) in [5, 5.41) is 19.8. The first-order valence-corrected chi connectivity index (χ1v) is 18.6. The van der Waals surface area contributed by atoms with Crippen molar-refractivity contribution in [2.75, 3.05) is 6.54 Å². The number of halogens is 2. The van der Waals surface area contributed by atoms with Crippen LogP contribution in [0.2, 0.25) is 10.0 Å². The zero-order chi connectivity index (χ0) is 37.3. The standard InChI is InChI=1S/C36H49Cl2N7O6/c1-5-6-7-8-9-10-11-12-13-14-15-16-17-18-19-40-36(49)50-25(4)44-34(47)27(24(2)3)22-31(43-44)51-32-28(37)20-26(21-29(32)38)45-35(48)41-33(46)30(23-39)42-45/h20-22,24-25H,5-19H2,1-4H3,(H,40,49)(H,41,46,48). The molecule has 2 aromatic heterocycles. The number of rotatable bonds is 21. The van der Waals surface area contributed by atoms with Gasteiger partial charge in [-0.3, -0.25) is 14.6 Å². The minimum absolute atomic E-state index is 0.0491. The number of hydrogen-bond acceptors (Lipinski definition) is 9. The minimum Gasteiger partial charge on any atom is -0.434 e. The van der Waals surface area contributed by atoms with Gasteiger partial charge in [-0.2, -0.15) is 14.6 Å². The first-order chi connectivity index (χ1) is 24.5. The molecule has 2 N–H and O–H groups in total. The number of amides is 1. The molecule has 0 aliphatic carbocycles. The van der Waals surface area contributed by atoms with Crippen molar-refractivity contribution in [2.24, 2.45) is 0 Å². The number of carbonyl (C=O) groups is 1. The van der Waals surface area contributed by atoms with Crippen LogP contribution < -0.4 is 26.9 Å². The highest BCUT2D eigenvalue weighted by atomic mass is 35.5. The van der Waals surface area contributed by atoms with Crippen molar-refractivity contribution >= 4 is 29.3 Å². The van der Waals surface area contributed by atoms with Gasteiger partial charge in [-0.25, -0.2) is 9.59 Å². The molecule has 0 spiro atoms. The van der Waals surface area contributed by atoms with Crippen LogP contribution in [0.25, 0.3) is 5.69 Å². The molecular weight excluding hydrogens is 697 g/mol. The summed E-state index contributed by atoms with van der Waals surface area (Å²) >= 11 is 12.9. The average molecular weight is 747 g/mol. The molecule has 2 heterocycles. The van der Waals surface area contributed by atoms with E-state index in [0.717, 1.165) is 28.6 Å². The van der Waals surface area contributed by atoms with E-state index in [-0.39, 0.29) is 33.3 Å². The van der Waals surface area contributed by atoms with Gasteiger partial charge in [-0.15, -0.1) is 10.2 Å². The lowest BCUT2D eigenvalue weighted by atomic mass is 10.0. The maximum Gasteiger partial charge on any atom is 0.409 e. The van der Waals surface area contributed by atoms with E-state index >= 15 is 0 Å². The van der Waals surface area contributed by atoms with Crippen LogP contribution in [0.15, 0.2) is 32.6 Å². The van der Waals surface area contributed by atoms with Gasteiger partial charge in [0.25, 0.3) is 11.1 Å². The first-order valence-electron chi connectivity index (χ1n) is 17.9. The highest BCUT2D eigenvalue weighted by molar-refractivity contribution is 6.37. The molecule has 0 aliphatic heterocycles. The third-order valence-electron chi connectivity index (χ3n) is 8.35. The Morgan fingerprint density at radius 2 is 1.43 bits per heavy atom. The molecule has 3 aromatic rings. The first kappa shape index (κ1) is 41.3. The normalized spacial score (nSPS) is 11.7. The number of hydrogen-bond donors (Lipinski definition) is 2. The van der Waals surface area contributed by atoms with Gasteiger partial charge in [0.1, 0.15) is 6.07 Å². The number of aromatic nitrogens is 5. The van der Waals surface area contributed by atoms with Crippen molar-refractivity contribution < 1.29 is 14.3 Å². The molecule has 0 radical (unpaired) electrons. The highest BCUT2D eigenvalue weighted by Gasteiger charge is 2.21. The topological polar surface area (TPSA) is 174 Å². The Balaban J connectivity index is 1.54. The number of ether oxygens (including phenoxy) is 2. The van der Waals surface area contributed by atoms with Gasteiger partial charge in [0.2, 0.25) is 11.6 Å². The van der Waals surface area contributed by atoms with Crippen LogP contribution in [0.4, 0.5) is 4.79 Å². The van der Waals surface area contributed by atoms with E-state index < -0.39 is 34.8 Å². The highest BCUT2D eigenvalue weighted by Crippen LogP contribution is 2.38. The molecule has 1 aromatic carbocycles. The summed E-state index contributed by atoms with van der Waals surface area (Å²) in [5.41, 5.74) is -2.44. The van der Waals surface area contributed by atoms with Gasteiger partial charge in [-0.1, -0.05) is 127 Å². The van der Waals surface area contributed by atoms with E-state index in [4.69, 9.17) is 37.9 Å². The van der Waals surface area contributed by atoms with Crippen LogP contribution >= 0.6 is 23.2 Å². The molecule has 0 aliphatic rings. The van der Waals surface area contributed by atoms with E-state index in [1.54, 1.807) is 6.07 Å². The van der Waals surface area contributed by atoms with Gasteiger partial charge in [0, 0.05) is 18.2 Å². The van der Waals surface area contributed by atoms with Gasteiger partial charge < -0.3 is 14.8 Å². The molecular formula is C36H49Cl2N7O6. The van der Waals surface area contributed by atoms with E-state index in [1.165, 1.54) is 95.8 Å². The second-order valence-electron chi connectivity index (χ2n) is 12.8. The third-order valence-corrected chi connectivity index (χ3v) is 8.91. The monoisotopic (exact) mass is 745 g/mol. The quantitative estimate of drug-likeness (QED) is 0.102. The smallest absolute Gasteiger partial charge is 0.409 e. The molecule has 1 amide bonds. The predicted octanol–water partition coefficient (Wildman–Crippen LogP) is 8.30. The van der Waals surface area contributed by atoms with Gasteiger partial charge in [0.05, 0.1) is 15.7 Å². The lowest BCUT2D eigenvalue weighted by Gasteiger charge is -2.19. The van der Waals surface area contributed by atoms with Crippen LogP contribution in [0.5, 0.6) is 11.6 Å². The average Bonchev–Trinajstić information content (AvgIpc) is 3.08. The molecule has 13 nitrogen and oxygen atoms in total. The van der Waals surface area contributed by atoms with Crippen LogP contribution in [0, 0.1) is 11.3 Å². The molecule has 0 saturated heterocycles. The Hall–Kier alpha value is -4.15. The zero-order valence-corrected chi connectivity index (χ0v) is 31.4. The summed E-state index contributed by atoms with van der Waals surface area (Å²) in [6, 6.07) is 5.64. The van der Waals surface area contributed by atoms with Crippen molar-refractivity contribution in [3.05, 3.63) is 70.7 Å². The second kappa shape index (κ2) is 21.3. The van der Waals surface area contributed by atoms with Crippen molar-refractivity contribution in [1.82, 2.24) is 29.9 Å². The largest absolute Gasteiger partial charge is 0.434 e. The zero-order valence-electron chi connectivity index (χ0n) is 29.9. The van der Waals surface area contributed by atoms with E-state index in [9.17, 15) is 19.2 Å². The Kier molecular flexibility index (Phi) is 17.2. The van der Waals surface area contributed by atoms with Crippen LogP contribution in [-0.2, 0) is 4.74 Å². The molecule has 0 bridgehead atoms. The third kappa shape index (κ3) is 12.8. The van der Waals surface area contributed by atoms with Crippen molar-refractivity contribution in [2.45, 2.75) is 130 Å². The molecule has 278 valence electrons. The van der Waals surface area contributed by atoms with E-state index in [1.807, 2.05) is 18.8 Å². The Labute approximate surface area is 308 Å². The molecule has 51 heavy (non-hydrogen) atoms. The molecule has 15 heteroatoms. The van der Waals surface area contributed by atoms with Gasteiger partial charge >= 0.3 is 11.8 Å². The number of aromatic amines is 1.